The molecule has 0 bridgehead atoms. The molecule has 0 radical (unpaired) electrons. The maximum Gasteiger partial charge on any atom is 0.586 e. The number of fused-ring (bicyclic) bond motifs is 1. The van der Waals surface area contributed by atoms with Crippen LogP contribution in [0.25, 0.3) is 0 Å². The summed E-state index contributed by atoms with van der Waals surface area (Å²) >= 11 is 0. The van der Waals surface area contributed by atoms with Crippen molar-refractivity contribution >= 4 is 11.6 Å². The molecule has 0 atom stereocenters. The monoisotopic (exact) mass is 351 g/mol. The Kier molecular flexibility index (Phi) is 4.41. The molecular formula is C17H19F2N3O3. The summed E-state index contributed by atoms with van der Waals surface area (Å²) < 4.78 is 34.7. The van der Waals surface area contributed by atoms with Crippen LogP contribution in [-0.2, 0) is 4.79 Å². The van der Waals surface area contributed by atoms with Crippen molar-refractivity contribution in [1.82, 2.24) is 4.90 Å². The number of carbonyl (C=O) groups excluding carboxylic acids is 1. The van der Waals surface area contributed by atoms with E-state index in [-0.39, 0.29) is 24.0 Å². The number of nitrogens with zero attached hydrogens (tertiary/aromatic N) is 2. The van der Waals surface area contributed by atoms with E-state index in [9.17, 15) is 18.8 Å². The quantitative estimate of drug-likeness (QED) is 0.902. The molecular weight excluding hydrogens is 332 g/mol. The average Bonchev–Trinajstić information content (AvgIpc) is 2.92. The fourth-order valence-electron chi connectivity index (χ4n) is 3.25. The Balaban J connectivity index is 1.62. The second-order valence-electron chi connectivity index (χ2n) is 6.34. The first-order valence-electron chi connectivity index (χ1n) is 8.17. The first kappa shape index (κ1) is 17.3. The molecule has 0 spiro atoms. The summed E-state index contributed by atoms with van der Waals surface area (Å²) in [6.45, 7) is -0.0457. The van der Waals surface area contributed by atoms with E-state index < -0.39 is 11.8 Å². The lowest BCUT2D eigenvalue weighted by molar-refractivity contribution is -0.286. The number of hydrogen-bond donors (Lipinski definition) is 1. The standard InChI is InChI=1S/C17H19F2N3O3/c1-22(16(11-20)7-3-2-4-8-16)15(23)10-21-12-5-6-13-14(9-12)25-17(18,19)24-13/h5-6,9,21H,2-4,7-8,10H2,1H3. The first-order chi connectivity index (χ1) is 11.9. The minimum Gasteiger partial charge on any atom is -0.395 e. The number of alkyl halides is 2. The number of amides is 1. The molecule has 1 aliphatic carbocycles. The summed E-state index contributed by atoms with van der Waals surface area (Å²) in [4.78, 5) is 14.0. The SMILES string of the molecule is CN(C(=O)CNc1ccc2c(c1)OC(F)(F)O2)C1(C#N)CCCCC1. The highest BCUT2D eigenvalue weighted by Crippen LogP contribution is 2.42. The lowest BCUT2D eigenvalue weighted by Gasteiger charge is -2.39. The molecule has 1 aromatic carbocycles. The third kappa shape index (κ3) is 3.45. The number of carbonyl (C=O) groups is 1. The van der Waals surface area contributed by atoms with Gasteiger partial charge in [0.15, 0.2) is 11.5 Å². The third-order valence-corrected chi connectivity index (χ3v) is 4.75. The fraction of sp³-hybridized carbons (Fsp3) is 0.529. The van der Waals surface area contributed by atoms with E-state index in [1.807, 2.05) is 0 Å². The average molecular weight is 351 g/mol. The molecule has 1 aromatic rings. The lowest BCUT2D eigenvalue weighted by atomic mass is 9.81. The summed E-state index contributed by atoms with van der Waals surface area (Å²) in [6, 6.07) is 6.53. The molecule has 1 fully saturated rings. The first-order valence-corrected chi connectivity index (χ1v) is 8.17. The van der Waals surface area contributed by atoms with Crippen LogP contribution in [0.15, 0.2) is 18.2 Å². The number of benzene rings is 1. The lowest BCUT2D eigenvalue weighted by Crippen LogP contribution is -2.51. The number of nitriles is 1. The van der Waals surface area contributed by atoms with Crippen LogP contribution < -0.4 is 14.8 Å². The van der Waals surface area contributed by atoms with Gasteiger partial charge in [0.1, 0.15) is 5.54 Å². The van der Waals surface area contributed by atoms with Crippen LogP contribution in [0.3, 0.4) is 0 Å². The topological polar surface area (TPSA) is 74.6 Å². The van der Waals surface area contributed by atoms with Crippen molar-refractivity contribution in [2.45, 2.75) is 43.9 Å². The normalized spacial score (nSPS) is 19.8. The van der Waals surface area contributed by atoms with Crippen molar-refractivity contribution in [3.8, 4) is 17.6 Å². The summed E-state index contributed by atoms with van der Waals surface area (Å²) in [5, 5.41) is 12.4. The van der Waals surface area contributed by atoms with Crippen molar-refractivity contribution in [3.05, 3.63) is 18.2 Å². The number of hydrogen-bond acceptors (Lipinski definition) is 5. The second kappa shape index (κ2) is 6.39. The Labute approximate surface area is 144 Å². The van der Waals surface area contributed by atoms with Gasteiger partial charge in [0.2, 0.25) is 5.91 Å². The van der Waals surface area contributed by atoms with E-state index in [0.29, 0.717) is 18.5 Å². The van der Waals surface area contributed by atoms with Gasteiger partial charge in [-0.2, -0.15) is 5.26 Å². The van der Waals surface area contributed by atoms with Gasteiger partial charge in [-0.1, -0.05) is 19.3 Å². The van der Waals surface area contributed by atoms with Gasteiger partial charge < -0.3 is 19.7 Å². The molecule has 6 nitrogen and oxygen atoms in total. The van der Waals surface area contributed by atoms with Crippen LogP contribution in [0.2, 0.25) is 0 Å². The van der Waals surface area contributed by atoms with E-state index in [4.69, 9.17) is 0 Å². The van der Waals surface area contributed by atoms with Gasteiger partial charge in [-0.15, -0.1) is 8.78 Å². The van der Waals surface area contributed by atoms with Crippen LogP contribution in [0.5, 0.6) is 11.5 Å². The summed E-state index contributed by atoms with van der Waals surface area (Å²) in [5.74, 6) is -0.368. The maximum atomic E-state index is 13.0. The Hall–Kier alpha value is -2.56. The number of likely N-dealkylation sites (N-methyl/N-ethyl adjacent to an activating group) is 1. The largest absolute Gasteiger partial charge is 0.586 e. The van der Waals surface area contributed by atoms with Crippen LogP contribution in [-0.4, -0.2) is 36.2 Å². The number of rotatable bonds is 4. The van der Waals surface area contributed by atoms with Crippen LogP contribution >= 0.6 is 0 Å². The zero-order valence-corrected chi connectivity index (χ0v) is 13.8. The summed E-state index contributed by atoms with van der Waals surface area (Å²) in [6.07, 6.45) is 0.600. The number of ether oxygens (including phenoxy) is 2. The fourth-order valence-corrected chi connectivity index (χ4v) is 3.25. The molecule has 1 N–H and O–H groups in total. The van der Waals surface area contributed by atoms with E-state index in [1.54, 1.807) is 7.05 Å². The van der Waals surface area contributed by atoms with E-state index in [0.717, 1.165) is 19.3 Å². The molecule has 1 heterocycles. The van der Waals surface area contributed by atoms with Gasteiger partial charge in [0, 0.05) is 18.8 Å². The predicted molar refractivity (Wildman–Crippen MR) is 85.3 cm³/mol. The Morgan fingerprint density at radius 3 is 2.64 bits per heavy atom. The van der Waals surface area contributed by atoms with Gasteiger partial charge in [0.05, 0.1) is 12.6 Å². The van der Waals surface area contributed by atoms with Crippen LogP contribution in [0.1, 0.15) is 32.1 Å². The van der Waals surface area contributed by atoms with E-state index in [2.05, 4.69) is 20.9 Å². The van der Waals surface area contributed by atoms with E-state index in [1.165, 1.54) is 23.1 Å². The number of anilines is 1. The Morgan fingerprint density at radius 1 is 1.28 bits per heavy atom. The number of halogens is 2. The molecule has 0 unspecified atom stereocenters. The van der Waals surface area contributed by atoms with Gasteiger partial charge in [-0.05, 0) is 25.0 Å². The molecule has 0 aromatic heterocycles. The van der Waals surface area contributed by atoms with Crippen molar-refractivity contribution < 1.29 is 23.0 Å². The van der Waals surface area contributed by atoms with E-state index >= 15 is 0 Å². The minimum absolute atomic E-state index is 0.0457. The molecule has 2 aliphatic rings. The molecule has 0 saturated heterocycles. The minimum atomic E-state index is -3.67. The third-order valence-electron chi connectivity index (χ3n) is 4.75. The van der Waals surface area contributed by atoms with Gasteiger partial charge in [0.25, 0.3) is 0 Å². The van der Waals surface area contributed by atoms with Gasteiger partial charge in [-0.3, -0.25) is 4.79 Å². The van der Waals surface area contributed by atoms with Crippen molar-refractivity contribution in [2.24, 2.45) is 0 Å². The molecule has 1 amide bonds. The number of nitrogens with one attached hydrogen (secondary N) is 1. The highest BCUT2D eigenvalue weighted by atomic mass is 19.3. The van der Waals surface area contributed by atoms with Crippen molar-refractivity contribution in [3.63, 3.8) is 0 Å². The smallest absolute Gasteiger partial charge is 0.395 e. The van der Waals surface area contributed by atoms with Gasteiger partial charge in [-0.25, -0.2) is 0 Å². The Morgan fingerprint density at radius 2 is 1.96 bits per heavy atom. The predicted octanol–water partition coefficient (Wildman–Crippen LogP) is 3.10. The maximum absolute atomic E-state index is 13.0. The highest BCUT2D eigenvalue weighted by molar-refractivity contribution is 5.82. The molecule has 8 heteroatoms. The second-order valence-corrected chi connectivity index (χ2v) is 6.34. The highest BCUT2D eigenvalue weighted by Gasteiger charge is 2.43. The summed E-state index contributed by atoms with van der Waals surface area (Å²) in [7, 11) is 1.64. The van der Waals surface area contributed by atoms with Gasteiger partial charge >= 0.3 is 6.29 Å². The van der Waals surface area contributed by atoms with Crippen molar-refractivity contribution in [1.29, 1.82) is 5.26 Å². The van der Waals surface area contributed by atoms with Crippen LogP contribution in [0.4, 0.5) is 14.5 Å². The summed E-state index contributed by atoms with van der Waals surface area (Å²) in [5.41, 5.74) is -0.301. The zero-order chi connectivity index (χ0) is 18.1. The van der Waals surface area contributed by atoms with Crippen molar-refractivity contribution in [2.75, 3.05) is 18.9 Å². The molecule has 134 valence electrons. The Bertz CT molecular complexity index is 712. The zero-order valence-electron chi connectivity index (χ0n) is 13.8. The molecule has 1 saturated carbocycles. The molecule has 25 heavy (non-hydrogen) atoms. The molecule has 3 rings (SSSR count). The van der Waals surface area contributed by atoms with Crippen LogP contribution in [0, 0.1) is 11.3 Å². The molecule has 1 aliphatic heterocycles.